The smallest absolute Gasteiger partial charge is 0.343 e. The summed E-state index contributed by atoms with van der Waals surface area (Å²) in [5, 5.41) is -0.0505. The number of rotatable bonds is 4. The Bertz CT molecular complexity index is 755. The van der Waals surface area contributed by atoms with E-state index in [2.05, 4.69) is 0 Å². The van der Waals surface area contributed by atoms with Crippen LogP contribution in [0.25, 0.3) is 0 Å². The Morgan fingerprint density at radius 3 is 2.36 bits per heavy atom. The standard InChI is InChI=1S/C19H17ClFNO3/c20-14-9-6-10-15(21)16(14)19(24)25-17(13-7-2-1-3-8-13)18(23)22-11-4-5-12-22/h1-3,6-10,17H,4-5,11-12H2/t17-/m0/s1. The van der Waals surface area contributed by atoms with Crippen LogP contribution in [-0.2, 0) is 9.53 Å². The number of halogens is 2. The minimum atomic E-state index is -1.12. The third-order valence-electron chi connectivity index (χ3n) is 4.14. The van der Waals surface area contributed by atoms with E-state index in [0.29, 0.717) is 18.7 Å². The Morgan fingerprint density at radius 1 is 1.04 bits per heavy atom. The summed E-state index contributed by atoms with van der Waals surface area (Å²) < 4.78 is 19.4. The molecule has 1 aliphatic rings. The van der Waals surface area contributed by atoms with Crippen molar-refractivity contribution in [2.75, 3.05) is 13.1 Å². The predicted octanol–water partition coefficient (Wildman–Crippen LogP) is 4.00. The quantitative estimate of drug-likeness (QED) is 0.773. The monoisotopic (exact) mass is 361 g/mol. The van der Waals surface area contributed by atoms with Crippen LogP contribution >= 0.6 is 11.6 Å². The topological polar surface area (TPSA) is 46.6 Å². The minimum absolute atomic E-state index is 0.0505. The maximum atomic E-state index is 14.0. The summed E-state index contributed by atoms with van der Waals surface area (Å²) in [6, 6.07) is 12.6. The van der Waals surface area contributed by atoms with Crippen molar-refractivity contribution in [2.24, 2.45) is 0 Å². The molecule has 2 aromatic carbocycles. The van der Waals surface area contributed by atoms with Crippen LogP contribution in [0.15, 0.2) is 48.5 Å². The second-order valence-corrected chi connectivity index (χ2v) is 6.23. The molecule has 4 nitrogen and oxygen atoms in total. The molecule has 1 amide bonds. The molecule has 1 saturated heterocycles. The molecule has 0 unspecified atom stereocenters. The zero-order chi connectivity index (χ0) is 17.8. The third kappa shape index (κ3) is 3.82. The van der Waals surface area contributed by atoms with E-state index in [1.54, 1.807) is 35.2 Å². The number of likely N-dealkylation sites (tertiary alicyclic amines) is 1. The van der Waals surface area contributed by atoms with Crippen molar-refractivity contribution in [2.45, 2.75) is 18.9 Å². The number of benzene rings is 2. The molecule has 1 fully saturated rings. The molecular weight excluding hydrogens is 345 g/mol. The summed E-state index contributed by atoms with van der Waals surface area (Å²) in [5.74, 6) is -2.04. The average molecular weight is 362 g/mol. The van der Waals surface area contributed by atoms with Gasteiger partial charge in [-0.1, -0.05) is 48.0 Å². The fraction of sp³-hybridized carbons (Fsp3) is 0.263. The summed E-state index contributed by atoms with van der Waals surface area (Å²) in [5.41, 5.74) is 0.180. The number of amides is 1. The summed E-state index contributed by atoms with van der Waals surface area (Å²) in [4.78, 5) is 26.9. The van der Waals surface area contributed by atoms with Crippen molar-refractivity contribution in [3.63, 3.8) is 0 Å². The molecule has 1 atom stereocenters. The number of carbonyl (C=O) groups is 2. The van der Waals surface area contributed by atoms with Gasteiger partial charge in [0.05, 0.1) is 5.02 Å². The summed E-state index contributed by atoms with van der Waals surface area (Å²) in [6.07, 6.45) is 0.711. The summed E-state index contributed by atoms with van der Waals surface area (Å²) in [6.45, 7) is 1.25. The van der Waals surface area contributed by atoms with E-state index in [-0.39, 0.29) is 16.5 Å². The molecule has 2 aromatic rings. The van der Waals surface area contributed by atoms with Crippen LogP contribution in [0.1, 0.15) is 34.9 Å². The zero-order valence-corrected chi connectivity index (χ0v) is 14.2. The molecule has 1 heterocycles. The van der Waals surface area contributed by atoms with Crippen LogP contribution in [0, 0.1) is 5.82 Å². The number of esters is 1. The Balaban J connectivity index is 1.89. The second-order valence-electron chi connectivity index (χ2n) is 5.83. The van der Waals surface area contributed by atoms with Crippen molar-refractivity contribution in [1.82, 2.24) is 4.90 Å². The summed E-state index contributed by atoms with van der Waals surface area (Å²) >= 11 is 5.92. The lowest BCUT2D eigenvalue weighted by Gasteiger charge is -2.23. The number of nitrogens with zero attached hydrogens (tertiary/aromatic N) is 1. The third-order valence-corrected chi connectivity index (χ3v) is 4.45. The van der Waals surface area contributed by atoms with E-state index in [9.17, 15) is 14.0 Å². The zero-order valence-electron chi connectivity index (χ0n) is 13.5. The van der Waals surface area contributed by atoms with Gasteiger partial charge in [-0.25, -0.2) is 9.18 Å². The SMILES string of the molecule is O=C(O[C@H](C(=O)N1CCCC1)c1ccccc1)c1c(F)cccc1Cl. The van der Waals surface area contributed by atoms with Crippen LogP contribution in [0.2, 0.25) is 5.02 Å². The van der Waals surface area contributed by atoms with Gasteiger partial charge >= 0.3 is 5.97 Å². The van der Waals surface area contributed by atoms with Gasteiger partial charge in [-0.15, -0.1) is 0 Å². The van der Waals surface area contributed by atoms with Crippen molar-refractivity contribution < 1.29 is 18.7 Å². The second kappa shape index (κ2) is 7.66. The van der Waals surface area contributed by atoms with Crippen molar-refractivity contribution >= 4 is 23.5 Å². The maximum Gasteiger partial charge on any atom is 0.343 e. The van der Waals surface area contributed by atoms with Gasteiger partial charge in [0.25, 0.3) is 5.91 Å². The van der Waals surface area contributed by atoms with Crippen molar-refractivity contribution in [3.05, 3.63) is 70.5 Å². The van der Waals surface area contributed by atoms with Gasteiger partial charge in [0.2, 0.25) is 6.10 Å². The predicted molar refractivity (Wildman–Crippen MR) is 91.8 cm³/mol. The van der Waals surface area contributed by atoms with Crippen molar-refractivity contribution in [1.29, 1.82) is 0 Å². The van der Waals surface area contributed by atoms with Gasteiger partial charge in [-0.3, -0.25) is 4.79 Å². The van der Waals surface area contributed by atoms with Gasteiger partial charge in [0, 0.05) is 18.7 Å². The fourth-order valence-corrected chi connectivity index (χ4v) is 3.09. The minimum Gasteiger partial charge on any atom is -0.444 e. The molecule has 0 bridgehead atoms. The highest BCUT2D eigenvalue weighted by molar-refractivity contribution is 6.33. The normalized spacial score (nSPS) is 15.0. The molecule has 0 radical (unpaired) electrons. The van der Waals surface area contributed by atoms with E-state index in [4.69, 9.17) is 16.3 Å². The Labute approximate surface area is 150 Å². The number of hydrogen-bond donors (Lipinski definition) is 0. The van der Waals surface area contributed by atoms with Crippen molar-refractivity contribution in [3.8, 4) is 0 Å². The van der Waals surface area contributed by atoms with E-state index in [0.717, 1.165) is 18.9 Å². The van der Waals surface area contributed by atoms with Crippen LogP contribution in [0.5, 0.6) is 0 Å². The lowest BCUT2D eigenvalue weighted by atomic mass is 10.1. The number of hydrogen-bond acceptors (Lipinski definition) is 3. The maximum absolute atomic E-state index is 14.0. The summed E-state index contributed by atoms with van der Waals surface area (Å²) in [7, 11) is 0. The first-order valence-corrected chi connectivity index (χ1v) is 8.44. The van der Waals surface area contributed by atoms with Gasteiger partial charge in [0.1, 0.15) is 11.4 Å². The van der Waals surface area contributed by atoms with Crippen LogP contribution in [-0.4, -0.2) is 29.9 Å². The highest BCUT2D eigenvalue weighted by Crippen LogP contribution is 2.27. The van der Waals surface area contributed by atoms with Gasteiger partial charge < -0.3 is 9.64 Å². The molecule has 0 aliphatic carbocycles. The van der Waals surface area contributed by atoms with E-state index >= 15 is 0 Å². The van der Waals surface area contributed by atoms with E-state index in [1.165, 1.54) is 12.1 Å². The lowest BCUT2D eigenvalue weighted by Crippen LogP contribution is -2.35. The van der Waals surface area contributed by atoms with Crippen LogP contribution < -0.4 is 0 Å². The first kappa shape index (κ1) is 17.4. The Hall–Kier alpha value is -2.40. The largest absolute Gasteiger partial charge is 0.444 e. The van der Waals surface area contributed by atoms with Gasteiger partial charge in [-0.2, -0.15) is 0 Å². The molecule has 0 saturated carbocycles. The molecule has 0 N–H and O–H groups in total. The van der Waals surface area contributed by atoms with E-state index < -0.39 is 17.9 Å². The van der Waals surface area contributed by atoms with E-state index in [1.807, 2.05) is 0 Å². The molecule has 25 heavy (non-hydrogen) atoms. The molecule has 0 spiro atoms. The fourth-order valence-electron chi connectivity index (χ4n) is 2.85. The van der Waals surface area contributed by atoms with Gasteiger partial charge in [0.15, 0.2) is 0 Å². The first-order chi connectivity index (χ1) is 12.1. The molecular formula is C19H17ClFNO3. The lowest BCUT2D eigenvalue weighted by molar-refractivity contribution is -0.140. The Kier molecular flexibility index (Phi) is 5.34. The van der Waals surface area contributed by atoms with Gasteiger partial charge in [-0.05, 0) is 25.0 Å². The van der Waals surface area contributed by atoms with Crippen LogP contribution in [0.3, 0.4) is 0 Å². The average Bonchev–Trinajstić information content (AvgIpc) is 3.14. The van der Waals surface area contributed by atoms with Crippen LogP contribution in [0.4, 0.5) is 4.39 Å². The first-order valence-electron chi connectivity index (χ1n) is 8.06. The Morgan fingerprint density at radius 2 is 1.72 bits per heavy atom. The number of ether oxygens (including phenoxy) is 1. The number of carbonyl (C=O) groups excluding carboxylic acids is 2. The molecule has 130 valence electrons. The highest BCUT2D eigenvalue weighted by atomic mass is 35.5. The molecule has 3 rings (SSSR count). The molecule has 1 aliphatic heterocycles. The highest BCUT2D eigenvalue weighted by Gasteiger charge is 2.32. The molecule has 0 aromatic heterocycles. The molecule has 6 heteroatoms.